The summed E-state index contributed by atoms with van der Waals surface area (Å²) >= 11 is 0. The average Bonchev–Trinajstić information content (AvgIpc) is 2.57. The number of ether oxygens (including phenoxy) is 2. The molecule has 2 aliphatic carbocycles. The Morgan fingerprint density at radius 3 is 2.72 bits per heavy atom. The van der Waals surface area contributed by atoms with Gasteiger partial charge in [0.15, 0.2) is 11.5 Å². The van der Waals surface area contributed by atoms with Gasteiger partial charge >= 0.3 is 0 Å². The number of methoxy groups -OCH3 is 2. The molecule has 5 nitrogen and oxygen atoms in total. The van der Waals surface area contributed by atoms with E-state index < -0.39 is 11.0 Å². The molecule has 1 aromatic rings. The Bertz CT molecular complexity index is 733. The number of nitrogens with zero attached hydrogens (tertiary/aromatic N) is 1. The second-order valence-corrected chi connectivity index (χ2v) is 8.00. The third-order valence-corrected chi connectivity index (χ3v) is 7.11. The topological polar surface area (TPSA) is 59.0 Å². The molecule has 1 heterocycles. The zero-order valence-corrected chi connectivity index (χ0v) is 15.5. The molecular formula is C20H27NO4. The molecule has 2 bridgehead atoms. The fraction of sp³-hybridized carbons (Fsp3) is 0.650. The summed E-state index contributed by atoms with van der Waals surface area (Å²) in [6.45, 7) is 3.02. The predicted molar refractivity (Wildman–Crippen MR) is 94.2 cm³/mol. The van der Waals surface area contributed by atoms with Crippen molar-refractivity contribution < 1.29 is 19.4 Å². The van der Waals surface area contributed by atoms with Crippen LogP contribution in [0.3, 0.4) is 0 Å². The lowest BCUT2D eigenvalue weighted by Crippen LogP contribution is -2.76. The molecule has 0 spiro atoms. The molecule has 0 radical (unpaired) electrons. The van der Waals surface area contributed by atoms with E-state index in [1.807, 2.05) is 12.1 Å². The number of hydrogen-bond donors (Lipinski definition) is 1. The van der Waals surface area contributed by atoms with Crippen LogP contribution in [0.2, 0.25) is 0 Å². The Balaban J connectivity index is 2.06. The maximum absolute atomic E-state index is 12.7. The highest BCUT2D eigenvalue weighted by Gasteiger charge is 2.68. The quantitative estimate of drug-likeness (QED) is 0.891. The molecule has 5 heteroatoms. The number of ketones is 1. The highest BCUT2D eigenvalue weighted by Crippen LogP contribution is 2.63. The van der Waals surface area contributed by atoms with Crippen molar-refractivity contribution in [3.05, 3.63) is 23.3 Å². The van der Waals surface area contributed by atoms with Crippen LogP contribution in [-0.4, -0.2) is 55.2 Å². The zero-order valence-electron chi connectivity index (χ0n) is 15.5. The van der Waals surface area contributed by atoms with E-state index in [4.69, 9.17) is 9.47 Å². The van der Waals surface area contributed by atoms with Gasteiger partial charge in [-0.25, -0.2) is 0 Å². The summed E-state index contributed by atoms with van der Waals surface area (Å²) in [5.74, 6) is 1.02. The number of phenolic OH excluding ortho intramolecular Hbond substituents is 1. The van der Waals surface area contributed by atoms with Gasteiger partial charge in [0, 0.05) is 37.0 Å². The number of benzene rings is 1. The van der Waals surface area contributed by atoms with Gasteiger partial charge in [0.1, 0.15) is 5.78 Å². The summed E-state index contributed by atoms with van der Waals surface area (Å²) in [5.41, 5.74) is 1.05. The number of phenols is 1. The number of Topliss-reactive ketones (excluding diaryl/α,β-unsaturated/α-hetero) is 1. The first kappa shape index (κ1) is 16.9. The lowest BCUT2D eigenvalue weighted by atomic mass is 9.46. The van der Waals surface area contributed by atoms with E-state index in [0.29, 0.717) is 18.6 Å². The number of carbonyl (C=O) groups excluding carboxylic acids is 1. The van der Waals surface area contributed by atoms with Crippen LogP contribution in [0.5, 0.6) is 11.5 Å². The molecule has 1 saturated heterocycles. The maximum Gasteiger partial charge on any atom is 0.161 e. The molecule has 1 N–H and O–H groups in total. The molecule has 2 fully saturated rings. The number of piperidine rings is 1. The van der Waals surface area contributed by atoms with E-state index in [-0.39, 0.29) is 23.5 Å². The lowest BCUT2D eigenvalue weighted by Gasteiger charge is -2.66. The predicted octanol–water partition coefficient (Wildman–Crippen LogP) is 2.28. The minimum Gasteiger partial charge on any atom is -0.504 e. The second-order valence-electron chi connectivity index (χ2n) is 8.00. The van der Waals surface area contributed by atoms with Gasteiger partial charge in [-0.3, -0.25) is 4.79 Å². The minimum atomic E-state index is -0.486. The van der Waals surface area contributed by atoms with Crippen molar-refractivity contribution in [2.24, 2.45) is 5.92 Å². The number of carbonyl (C=O) groups is 1. The van der Waals surface area contributed by atoms with E-state index in [1.54, 1.807) is 14.2 Å². The Labute approximate surface area is 148 Å². The maximum atomic E-state index is 12.7. The third-order valence-electron chi connectivity index (χ3n) is 7.11. The second kappa shape index (κ2) is 5.45. The summed E-state index contributed by atoms with van der Waals surface area (Å²) in [4.78, 5) is 15.0. The van der Waals surface area contributed by atoms with Gasteiger partial charge in [-0.15, -0.1) is 0 Å². The molecule has 0 unspecified atom stereocenters. The minimum absolute atomic E-state index is 0.102. The Morgan fingerprint density at radius 1 is 1.28 bits per heavy atom. The van der Waals surface area contributed by atoms with Crippen LogP contribution in [0.15, 0.2) is 12.1 Å². The van der Waals surface area contributed by atoms with Crippen LogP contribution in [0.25, 0.3) is 0 Å². The smallest absolute Gasteiger partial charge is 0.161 e. The first-order valence-electron chi connectivity index (χ1n) is 9.07. The summed E-state index contributed by atoms with van der Waals surface area (Å²) in [6, 6.07) is 4.08. The van der Waals surface area contributed by atoms with Crippen LogP contribution in [0.4, 0.5) is 0 Å². The van der Waals surface area contributed by atoms with Crippen molar-refractivity contribution in [2.75, 3.05) is 27.8 Å². The molecule has 25 heavy (non-hydrogen) atoms. The van der Waals surface area contributed by atoms with Gasteiger partial charge in [-0.05, 0) is 44.0 Å². The fourth-order valence-electron chi connectivity index (χ4n) is 6.23. The molecule has 1 saturated carbocycles. The first-order chi connectivity index (χ1) is 11.9. The zero-order chi connectivity index (χ0) is 18.0. The van der Waals surface area contributed by atoms with Crippen molar-refractivity contribution in [3.8, 4) is 11.5 Å². The SMILES string of the molecule is COc1ccc2c(c1O)[C@]13CCN(C)[C@H](C2)[C@]1(OC)[C@H](C)CC(=O)C3. The third kappa shape index (κ3) is 1.88. The molecule has 136 valence electrons. The van der Waals surface area contributed by atoms with E-state index in [0.717, 1.165) is 30.5 Å². The molecule has 4 rings (SSSR count). The first-order valence-corrected chi connectivity index (χ1v) is 9.07. The Morgan fingerprint density at radius 2 is 2.04 bits per heavy atom. The fourth-order valence-corrected chi connectivity index (χ4v) is 6.23. The van der Waals surface area contributed by atoms with E-state index in [1.165, 1.54) is 0 Å². The summed E-state index contributed by atoms with van der Waals surface area (Å²) in [6.07, 6.45) is 2.60. The number of rotatable bonds is 2. The Kier molecular flexibility index (Phi) is 3.68. The Hall–Kier alpha value is -1.59. The summed E-state index contributed by atoms with van der Waals surface area (Å²) in [5, 5.41) is 11.0. The van der Waals surface area contributed by atoms with Crippen LogP contribution in [0.1, 0.15) is 37.3 Å². The molecule has 1 aliphatic heterocycles. The number of fused-ring (bicyclic) bond motifs is 1. The van der Waals surface area contributed by atoms with Crippen molar-refractivity contribution in [2.45, 2.75) is 49.7 Å². The number of likely N-dealkylation sites (N-methyl/N-ethyl adjacent to an activating group) is 1. The summed E-state index contributed by atoms with van der Waals surface area (Å²) < 4.78 is 11.7. The van der Waals surface area contributed by atoms with Gasteiger partial charge in [0.2, 0.25) is 0 Å². The molecule has 0 aromatic heterocycles. The van der Waals surface area contributed by atoms with Gasteiger partial charge in [0.25, 0.3) is 0 Å². The van der Waals surface area contributed by atoms with Crippen molar-refractivity contribution in [1.82, 2.24) is 4.90 Å². The van der Waals surface area contributed by atoms with Crippen LogP contribution < -0.4 is 4.74 Å². The molecule has 0 amide bonds. The summed E-state index contributed by atoms with van der Waals surface area (Å²) in [7, 11) is 5.49. The molecule has 4 atom stereocenters. The van der Waals surface area contributed by atoms with Gasteiger partial charge in [-0.2, -0.15) is 0 Å². The molecular weight excluding hydrogens is 318 g/mol. The monoisotopic (exact) mass is 345 g/mol. The standard InChI is InChI=1S/C20H27NO4/c1-12-9-14(22)11-19-7-8-21(2)16(20(12,19)25-4)10-13-5-6-15(24-3)18(23)17(13)19/h5-6,12,16,23H,7-11H2,1-4H3/t12-,16-,19-,20-/m1/s1. The average molecular weight is 345 g/mol. The number of likely N-dealkylation sites (tertiary alicyclic amines) is 1. The highest BCUT2D eigenvalue weighted by molar-refractivity contribution is 5.83. The van der Waals surface area contributed by atoms with E-state index in [2.05, 4.69) is 18.9 Å². The van der Waals surface area contributed by atoms with Gasteiger partial charge in [-0.1, -0.05) is 13.0 Å². The van der Waals surface area contributed by atoms with E-state index >= 15 is 0 Å². The van der Waals surface area contributed by atoms with Crippen molar-refractivity contribution >= 4 is 5.78 Å². The normalized spacial score (nSPS) is 37.4. The lowest BCUT2D eigenvalue weighted by molar-refractivity contribution is -0.206. The van der Waals surface area contributed by atoms with Crippen LogP contribution >= 0.6 is 0 Å². The van der Waals surface area contributed by atoms with E-state index in [9.17, 15) is 9.90 Å². The number of hydrogen-bond acceptors (Lipinski definition) is 5. The van der Waals surface area contributed by atoms with Crippen LogP contribution in [0, 0.1) is 5.92 Å². The highest BCUT2D eigenvalue weighted by atomic mass is 16.5. The van der Waals surface area contributed by atoms with Crippen molar-refractivity contribution in [1.29, 1.82) is 0 Å². The largest absolute Gasteiger partial charge is 0.504 e. The number of aromatic hydroxyl groups is 1. The van der Waals surface area contributed by atoms with Gasteiger partial charge in [0.05, 0.1) is 12.7 Å². The van der Waals surface area contributed by atoms with Gasteiger partial charge < -0.3 is 19.5 Å². The van der Waals surface area contributed by atoms with Crippen LogP contribution in [-0.2, 0) is 21.4 Å². The molecule has 3 aliphatic rings. The molecule has 1 aromatic carbocycles. The van der Waals surface area contributed by atoms with Crippen molar-refractivity contribution in [3.63, 3.8) is 0 Å².